The topological polar surface area (TPSA) is 18.5 Å². The van der Waals surface area contributed by atoms with Crippen molar-refractivity contribution in [1.29, 1.82) is 0 Å². The lowest BCUT2D eigenvalue weighted by molar-refractivity contribution is 0.242. The van der Waals surface area contributed by atoms with Gasteiger partial charge in [-0.1, -0.05) is 25.7 Å². The standard InChI is InChI=1S/C9H20O2Si/c1-10-12(3,11-2)8-9-6-4-5-7-9/h9H,4-8H2,1-3H3. The summed E-state index contributed by atoms with van der Waals surface area (Å²) in [6, 6.07) is 1.18. The van der Waals surface area contributed by atoms with Gasteiger partial charge in [-0.15, -0.1) is 0 Å². The van der Waals surface area contributed by atoms with Gasteiger partial charge in [0.25, 0.3) is 0 Å². The van der Waals surface area contributed by atoms with E-state index in [1.165, 1.54) is 31.7 Å². The summed E-state index contributed by atoms with van der Waals surface area (Å²) in [5, 5.41) is 0. The molecular formula is C9H20O2Si. The van der Waals surface area contributed by atoms with Crippen molar-refractivity contribution in [3.63, 3.8) is 0 Å². The summed E-state index contributed by atoms with van der Waals surface area (Å²) >= 11 is 0. The molecule has 0 radical (unpaired) electrons. The minimum atomic E-state index is -1.76. The Labute approximate surface area is 76.5 Å². The van der Waals surface area contributed by atoms with Gasteiger partial charge in [-0.2, -0.15) is 0 Å². The fourth-order valence-corrected chi connectivity index (χ4v) is 3.95. The quantitative estimate of drug-likeness (QED) is 0.631. The normalized spacial score (nSPS) is 20.2. The molecule has 12 heavy (non-hydrogen) atoms. The van der Waals surface area contributed by atoms with Gasteiger partial charge in [-0.05, 0) is 18.5 Å². The second-order valence-electron chi connectivity index (χ2n) is 3.90. The minimum Gasteiger partial charge on any atom is -0.398 e. The van der Waals surface area contributed by atoms with E-state index in [4.69, 9.17) is 8.85 Å². The SMILES string of the molecule is CO[Si](C)(CC1CCCC1)OC. The van der Waals surface area contributed by atoms with Gasteiger partial charge in [-0.3, -0.25) is 0 Å². The summed E-state index contributed by atoms with van der Waals surface area (Å²) in [6.07, 6.45) is 5.58. The van der Waals surface area contributed by atoms with Crippen molar-refractivity contribution in [2.75, 3.05) is 14.2 Å². The van der Waals surface area contributed by atoms with Crippen molar-refractivity contribution in [2.24, 2.45) is 5.92 Å². The third-order valence-electron chi connectivity index (χ3n) is 3.00. The van der Waals surface area contributed by atoms with Crippen LogP contribution < -0.4 is 0 Å². The highest BCUT2D eigenvalue weighted by Crippen LogP contribution is 2.32. The van der Waals surface area contributed by atoms with Gasteiger partial charge in [0.2, 0.25) is 0 Å². The molecule has 1 saturated carbocycles. The third kappa shape index (κ3) is 2.57. The Balaban J connectivity index is 2.35. The average molecular weight is 188 g/mol. The lowest BCUT2D eigenvalue weighted by atomic mass is 10.1. The van der Waals surface area contributed by atoms with E-state index in [0.717, 1.165) is 5.92 Å². The van der Waals surface area contributed by atoms with Crippen molar-refractivity contribution >= 4 is 8.56 Å². The van der Waals surface area contributed by atoms with Gasteiger partial charge in [-0.25, -0.2) is 0 Å². The van der Waals surface area contributed by atoms with E-state index < -0.39 is 8.56 Å². The Bertz CT molecular complexity index is 128. The van der Waals surface area contributed by atoms with Crippen LogP contribution in [0.15, 0.2) is 0 Å². The molecule has 0 heterocycles. The van der Waals surface area contributed by atoms with E-state index >= 15 is 0 Å². The number of hydrogen-bond donors (Lipinski definition) is 0. The minimum absolute atomic E-state index is 0.876. The van der Waals surface area contributed by atoms with E-state index in [1.807, 2.05) is 0 Å². The molecule has 3 heteroatoms. The fourth-order valence-electron chi connectivity index (χ4n) is 1.99. The third-order valence-corrected chi connectivity index (χ3v) is 6.04. The molecule has 1 fully saturated rings. The average Bonchev–Trinajstić information content (AvgIpc) is 2.57. The van der Waals surface area contributed by atoms with Crippen LogP contribution in [0.1, 0.15) is 25.7 Å². The molecule has 72 valence electrons. The van der Waals surface area contributed by atoms with Crippen LogP contribution in [0.4, 0.5) is 0 Å². The second kappa shape index (κ2) is 4.39. The Morgan fingerprint density at radius 2 is 1.67 bits per heavy atom. The number of hydrogen-bond acceptors (Lipinski definition) is 2. The highest BCUT2D eigenvalue weighted by Gasteiger charge is 2.33. The summed E-state index contributed by atoms with van der Waals surface area (Å²) in [7, 11) is 1.80. The molecular weight excluding hydrogens is 168 g/mol. The van der Waals surface area contributed by atoms with E-state index in [9.17, 15) is 0 Å². The largest absolute Gasteiger partial charge is 0.398 e. The monoisotopic (exact) mass is 188 g/mol. The van der Waals surface area contributed by atoms with Crippen molar-refractivity contribution in [3.8, 4) is 0 Å². The van der Waals surface area contributed by atoms with E-state index in [-0.39, 0.29) is 0 Å². The predicted octanol–water partition coefficient (Wildman–Crippen LogP) is 2.54. The fraction of sp³-hybridized carbons (Fsp3) is 1.00. The zero-order valence-electron chi connectivity index (χ0n) is 8.43. The Morgan fingerprint density at radius 3 is 2.08 bits per heavy atom. The van der Waals surface area contributed by atoms with Gasteiger partial charge in [0.1, 0.15) is 0 Å². The lowest BCUT2D eigenvalue weighted by Gasteiger charge is -2.25. The van der Waals surface area contributed by atoms with Gasteiger partial charge in [0.05, 0.1) is 0 Å². The van der Waals surface area contributed by atoms with Crippen LogP contribution in [0.3, 0.4) is 0 Å². The maximum Gasteiger partial charge on any atom is 0.334 e. The molecule has 0 aromatic heterocycles. The summed E-state index contributed by atoms with van der Waals surface area (Å²) in [5.74, 6) is 0.876. The van der Waals surface area contributed by atoms with Gasteiger partial charge in [0, 0.05) is 14.2 Å². The molecule has 1 aliphatic carbocycles. The maximum absolute atomic E-state index is 5.47. The smallest absolute Gasteiger partial charge is 0.334 e. The molecule has 2 nitrogen and oxygen atoms in total. The summed E-state index contributed by atoms with van der Waals surface area (Å²) < 4.78 is 10.9. The van der Waals surface area contributed by atoms with Gasteiger partial charge in [0.15, 0.2) is 0 Å². The van der Waals surface area contributed by atoms with Crippen LogP contribution in [0.5, 0.6) is 0 Å². The van der Waals surface area contributed by atoms with E-state index in [2.05, 4.69) is 6.55 Å². The molecule has 0 bridgehead atoms. The van der Waals surface area contributed by atoms with Crippen LogP contribution in [0, 0.1) is 5.92 Å². The zero-order valence-corrected chi connectivity index (χ0v) is 9.43. The first-order chi connectivity index (χ1) is 5.70. The number of rotatable bonds is 4. The molecule has 0 aromatic rings. The second-order valence-corrected chi connectivity index (χ2v) is 7.39. The summed E-state index contributed by atoms with van der Waals surface area (Å²) in [5.41, 5.74) is 0. The van der Waals surface area contributed by atoms with Crippen molar-refractivity contribution < 1.29 is 8.85 Å². The first kappa shape index (κ1) is 10.2. The van der Waals surface area contributed by atoms with Gasteiger partial charge < -0.3 is 8.85 Å². The van der Waals surface area contributed by atoms with Crippen molar-refractivity contribution in [2.45, 2.75) is 38.3 Å². The first-order valence-electron chi connectivity index (χ1n) is 4.80. The molecule has 1 aliphatic rings. The zero-order chi connectivity index (χ0) is 9.03. The van der Waals surface area contributed by atoms with Crippen LogP contribution >= 0.6 is 0 Å². The molecule has 0 spiro atoms. The molecule has 0 atom stereocenters. The molecule has 0 unspecified atom stereocenters. The van der Waals surface area contributed by atoms with E-state index in [1.54, 1.807) is 14.2 Å². The summed E-state index contributed by atoms with van der Waals surface area (Å²) in [4.78, 5) is 0. The van der Waals surface area contributed by atoms with Crippen molar-refractivity contribution in [1.82, 2.24) is 0 Å². The molecule has 0 saturated heterocycles. The van der Waals surface area contributed by atoms with Gasteiger partial charge >= 0.3 is 8.56 Å². The maximum atomic E-state index is 5.47. The Kier molecular flexibility index (Phi) is 3.74. The van der Waals surface area contributed by atoms with Crippen LogP contribution in [-0.2, 0) is 8.85 Å². The lowest BCUT2D eigenvalue weighted by Crippen LogP contribution is -2.37. The Morgan fingerprint density at radius 1 is 1.17 bits per heavy atom. The molecule has 1 rings (SSSR count). The highest BCUT2D eigenvalue weighted by atomic mass is 28.4. The Hall–Kier alpha value is 0.137. The molecule has 0 N–H and O–H groups in total. The van der Waals surface area contributed by atoms with Crippen LogP contribution in [-0.4, -0.2) is 22.8 Å². The van der Waals surface area contributed by atoms with Crippen molar-refractivity contribution in [3.05, 3.63) is 0 Å². The highest BCUT2D eigenvalue weighted by molar-refractivity contribution is 6.66. The van der Waals surface area contributed by atoms with Crippen LogP contribution in [0.25, 0.3) is 0 Å². The summed E-state index contributed by atoms with van der Waals surface area (Å²) in [6.45, 7) is 2.16. The predicted molar refractivity (Wildman–Crippen MR) is 52.4 cm³/mol. The molecule has 0 amide bonds. The van der Waals surface area contributed by atoms with E-state index in [0.29, 0.717) is 0 Å². The molecule has 0 aliphatic heterocycles. The first-order valence-corrected chi connectivity index (χ1v) is 7.33. The molecule has 0 aromatic carbocycles. The van der Waals surface area contributed by atoms with Crippen LogP contribution in [0.2, 0.25) is 12.6 Å².